The number of benzene rings is 1. The van der Waals surface area contributed by atoms with E-state index in [-0.39, 0.29) is 11.5 Å². The monoisotopic (exact) mass is 400 g/mol. The van der Waals surface area contributed by atoms with Gasteiger partial charge in [-0.3, -0.25) is 9.59 Å². The average Bonchev–Trinajstić information content (AvgIpc) is 3.02. The molecule has 6 nitrogen and oxygen atoms in total. The van der Waals surface area contributed by atoms with Crippen molar-refractivity contribution in [3.05, 3.63) is 56.4 Å². The molecular formula is C19H20N4O2S2. The molecule has 1 aromatic carbocycles. The van der Waals surface area contributed by atoms with Gasteiger partial charge in [-0.1, -0.05) is 6.07 Å². The molecule has 0 radical (unpaired) electrons. The fourth-order valence-corrected chi connectivity index (χ4v) is 4.22. The largest absolute Gasteiger partial charge is 0.321 e. The average molecular weight is 401 g/mol. The standard InChI is InChI=1S/C19H20N4O2S2/c1-10-11(2)22-23(4)19(25)15(10)18-20-12(3)16(27-18)17(24)21-13-7-6-8-14(9-13)26-5/h6-9H,1-5H3,(H,21,24). The lowest BCUT2D eigenvalue weighted by Gasteiger charge is -2.07. The van der Waals surface area contributed by atoms with Crippen LogP contribution in [0, 0.1) is 20.8 Å². The molecule has 0 aliphatic heterocycles. The van der Waals surface area contributed by atoms with Crippen molar-refractivity contribution >= 4 is 34.7 Å². The van der Waals surface area contributed by atoms with Crippen molar-refractivity contribution < 1.29 is 4.79 Å². The topological polar surface area (TPSA) is 76.9 Å². The zero-order chi connectivity index (χ0) is 19.7. The van der Waals surface area contributed by atoms with Gasteiger partial charge in [-0.15, -0.1) is 23.1 Å². The summed E-state index contributed by atoms with van der Waals surface area (Å²) in [5, 5.41) is 7.65. The fraction of sp³-hybridized carbons (Fsp3) is 0.263. The van der Waals surface area contributed by atoms with E-state index in [2.05, 4.69) is 15.4 Å². The van der Waals surface area contributed by atoms with Gasteiger partial charge in [-0.25, -0.2) is 9.67 Å². The number of thioether (sulfide) groups is 1. The molecule has 3 rings (SSSR count). The van der Waals surface area contributed by atoms with Crippen molar-refractivity contribution in [1.82, 2.24) is 14.8 Å². The van der Waals surface area contributed by atoms with Crippen molar-refractivity contribution in [2.45, 2.75) is 25.7 Å². The molecule has 140 valence electrons. The normalized spacial score (nSPS) is 10.9. The van der Waals surface area contributed by atoms with Crippen molar-refractivity contribution in [2.75, 3.05) is 11.6 Å². The van der Waals surface area contributed by atoms with Gasteiger partial charge >= 0.3 is 0 Å². The molecule has 2 heterocycles. The molecule has 1 N–H and O–H groups in total. The summed E-state index contributed by atoms with van der Waals surface area (Å²) in [6, 6.07) is 7.66. The number of amides is 1. The first kappa shape index (κ1) is 19.3. The second-order valence-corrected chi connectivity index (χ2v) is 8.01. The number of carbonyl (C=O) groups excluding carboxylic acids is 1. The van der Waals surface area contributed by atoms with E-state index in [1.165, 1.54) is 16.0 Å². The van der Waals surface area contributed by atoms with E-state index in [1.54, 1.807) is 25.7 Å². The molecule has 0 bridgehead atoms. The van der Waals surface area contributed by atoms with Gasteiger partial charge in [0.2, 0.25) is 0 Å². The molecule has 27 heavy (non-hydrogen) atoms. The van der Waals surface area contributed by atoms with Crippen LogP contribution in [0.4, 0.5) is 5.69 Å². The molecule has 3 aromatic rings. The summed E-state index contributed by atoms with van der Waals surface area (Å²) in [6.07, 6.45) is 1.99. The quantitative estimate of drug-likeness (QED) is 0.674. The number of anilines is 1. The van der Waals surface area contributed by atoms with Crippen LogP contribution in [0.15, 0.2) is 34.0 Å². The van der Waals surface area contributed by atoms with Gasteiger partial charge in [0.25, 0.3) is 11.5 Å². The van der Waals surface area contributed by atoms with E-state index in [4.69, 9.17) is 0 Å². The Labute approximate surface area is 165 Å². The smallest absolute Gasteiger partial charge is 0.277 e. The van der Waals surface area contributed by atoms with Crippen LogP contribution < -0.4 is 10.9 Å². The number of hydrogen-bond donors (Lipinski definition) is 1. The third-order valence-electron chi connectivity index (χ3n) is 4.27. The fourth-order valence-electron chi connectivity index (χ4n) is 2.70. The van der Waals surface area contributed by atoms with E-state index in [0.29, 0.717) is 21.1 Å². The molecule has 0 spiro atoms. The summed E-state index contributed by atoms with van der Waals surface area (Å²) in [5.41, 5.74) is 3.16. The third kappa shape index (κ3) is 3.81. The minimum absolute atomic E-state index is 0.216. The molecule has 0 aliphatic rings. The number of nitrogens with one attached hydrogen (secondary N) is 1. The Kier molecular flexibility index (Phi) is 5.48. The zero-order valence-electron chi connectivity index (χ0n) is 15.8. The number of carbonyl (C=O) groups is 1. The summed E-state index contributed by atoms with van der Waals surface area (Å²) in [4.78, 5) is 31.4. The highest BCUT2D eigenvalue weighted by Gasteiger charge is 2.21. The summed E-state index contributed by atoms with van der Waals surface area (Å²) < 4.78 is 1.31. The number of hydrogen-bond acceptors (Lipinski definition) is 6. The third-order valence-corrected chi connectivity index (χ3v) is 6.17. The van der Waals surface area contributed by atoms with E-state index in [0.717, 1.165) is 21.8 Å². The summed E-state index contributed by atoms with van der Waals surface area (Å²) in [6.45, 7) is 5.48. The first-order valence-corrected chi connectivity index (χ1v) is 10.3. The first-order valence-electron chi connectivity index (χ1n) is 8.29. The molecule has 0 aliphatic carbocycles. The van der Waals surface area contributed by atoms with E-state index in [1.807, 2.05) is 44.4 Å². The van der Waals surface area contributed by atoms with Gasteiger partial charge < -0.3 is 5.32 Å². The van der Waals surface area contributed by atoms with Crippen molar-refractivity contribution in [2.24, 2.45) is 7.05 Å². The summed E-state index contributed by atoms with van der Waals surface area (Å²) >= 11 is 2.84. The summed E-state index contributed by atoms with van der Waals surface area (Å²) in [7, 11) is 1.62. The maximum absolute atomic E-state index is 12.7. The maximum Gasteiger partial charge on any atom is 0.277 e. The second-order valence-electron chi connectivity index (χ2n) is 6.13. The number of thiazole rings is 1. The Morgan fingerprint density at radius 3 is 2.67 bits per heavy atom. The van der Waals surface area contributed by atoms with Crippen LogP contribution in [0.5, 0.6) is 0 Å². The Morgan fingerprint density at radius 1 is 1.22 bits per heavy atom. The number of rotatable bonds is 4. The number of aromatic nitrogens is 3. The number of aryl methyl sites for hydroxylation is 3. The maximum atomic E-state index is 12.7. The minimum Gasteiger partial charge on any atom is -0.321 e. The van der Waals surface area contributed by atoms with Crippen molar-refractivity contribution in [1.29, 1.82) is 0 Å². The highest BCUT2D eigenvalue weighted by atomic mass is 32.2. The van der Waals surface area contributed by atoms with Gasteiger partial charge in [0.15, 0.2) is 0 Å². The van der Waals surface area contributed by atoms with Crippen molar-refractivity contribution in [3.63, 3.8) is 0 Å². The van der Waals surface area contributed by atoms with Crippen LogP contribution in [-0.4, -0.2) is 26.9 Å². The SMILES string of the molecule is CSc1cccc(NC(=O)c2sc(-c3c(C)c(C)nn(C)c3=O)nc2C)c1. The van der Waals surface area contributed by atoms with E-state index in [9.17, 15) is 9.59 Å². The molecule has 1 amide bonds. The molecule has 0 saturated heterocycles. The van der Waals surface area contributed by atoms with Gasteiger partial charge in [0.05, 0.1) is 17.0 Å². The number of nitrogens with zero attached hydrogens (tertiary/aromatic N) is 3. The molecular weight excluding hydrogens is 380 g/mol. The second kappa shape index (κ2) is 7.66. The molecule has 8 heteroatoms. The Balaban J connectivity index is 1.98. The Morgan fingerprint density at radius 2 is 1.96 bits per heavy atom. The van der Waals surface area contributed by atoms with Gasteiger partial charge in [-0.2, -0.15) is 5.10 Å². The van der Waals surface area contributed by atoms with E-state index < -0.39 is 0 Å². The molecule has 0 fully saturated rings. The first-order chi connectivity index (χ1) is 12.8. The molecule has 0 atom stereocenters. The lowest BCUT2D eigenvalue weighted by Crippen LogP contribution is -2.23. The van der Waals surface area contributed by atoms with Gasteiger partial charge in [0.1, 0.15) is 9.88 Å². The Hall–Kier alpha value is -2.45. The predicted octanol–water partition coefficient (Wildman–Crippen LogP) is 3.80. The van der Waals surface area contributed by atoms with Crippen LogP contribution >= 0.6 is 23.1 Å². The highest BCUT2D eigenvalue weighted by Crippen LogP contribution is 2.29. The Bertz CT molecular complexity index is 1090. The van der Waals surface area contributed by atoms with E-state index >= 15 is 0 Å². The zero-order valence-corrected chi connectivity index (χ0v) is 17.4. The predicted molar refractivity (Wildman–Crippen MR) is 111 cm³/mol. The van der Waals surface area contributed by atoms with Gasteiger partial charge in [0, 0.05) is 17.6 Å². The van der Waals surface area contributed by atoms with Gasteiger partial charge in [-0.05, 0) is 50.8 Å². The van der Waals surface area contributed by atoms with Crippen LogP contribution in [0.25, 0.3) is 10.6 Å². The molecule has 2 aromatic heterocycles. The lowest BCUT2D eigenvalue weighted by molar-refractivity contribution is 0.103. The summed E-state index contributed by atoms with van der Waals surface area (Å²) in [5.74, 6) is -0.227. The van der Waals surface area contributed by atoms with Crippen molar-refractivity contribution in [3.8, 4) is 10.6 Å². The minimum atomic E-state index is -0.227. The molecule has 0 unspecified atom stereocenters. The highest BCUT2D eigenvalue weighted by molar-refractivity contribution is 7.98. The lowest BCUT2D eigenvalue weighted by atomic mass is 10.1. The molecule has 0 saturated carbocycles. The van der Waals surface area contributed by atoms with Crippen LogP contribution in [-0.2, 0) is 7.05 Å². The van der Waals surface area contributed by atoms with Crippen LogP contribution in [0.3, 0.4) is 0 Å². The van der Waals surface area contributed by atoms with Crippen LogP contribution in [0.1, 0.15) is 26.6 Å². The van der Waals surface area contributed by atoms with Crippen LogP contribution in [0.2, 0.25) is 0 Å².